The minimum absolute atomic E-state index is 0. The number of hydrogen-bond acceptors (Lipinski definition) is 1. The summed E-state index contributed by atoms with van der Waals surface area (Å²) in [7, 11) is 1.77. The van der Waals surface area contributed by atoms with Gasteiger partial charge >= 0.3 is 6.03 Å². The van der Waals surface area contributed by atoms with Crippen molar-refractivity contribution < 1.29 is 6.22 Å². The van der Waals surface area contributed by atoms with Gasteiger partial charge in [-0.05, 0) is 13.8 Å². The van der Waals surface area contributed by atoms with Crippen LogP contribution < -0.4 is 5.32 Å². The lowest BCUT2D eigenvalue weighted by atomic mass is 10.6. The third kappa shape index (κ3) is 2.95. The van der Waals surface area contributed by atoms with Crippen LogP contribution in [0.15, 0.2) is 0 Å². The second-order valence-corrected chi connectivity index (χ2v) is 1.85. The third-order valence-electron chi connectivity index (χ3n) is 1.15. The largest absolute Gasteiger partial charge is 0.338 e. The Morgan fingerprint density at radius 2 is 2.22 bits per heavy atom. The van der Waals surface area contributed by atoms with Crippen molar-refractivity contribution in [2.24, 2.45) is 0 Å². The first-order chi connectivity index (χ1) is 4.22. The van der Waals surface area contributed by atoms with E-state index in [1.54, 1.807) is 11.9 Å². The van der Waals surface area contributed by atoms with Gasteiger partial charge in [-0.2, -0.15) is 0 Å². The maximum Gasteiger partial charge on any atom is 0.317 e. The topological polar surface area (TPSA) is 32.3 Å². The minimum atomic E-state index is 0. The van der Waals surface area contributed by atoms with Gasteiger partial charge in [-0.25, -0.2) is 4.79 Å². The van der Waals surface area contributed by atoms with Gasteiger partial charge in [-0.1, -0.05) is 0 Å². The molecule has 0 radical (unpaired) electrons. The highest BCUT2D eigenvalue weighted by molar-refractivity contribution is 5.73. The van der Waals surface area contributed by atoms with Gasteiger partial charge in [0.15, 0.2) is 0 Å². The van der Waals surface area contributed by atoms with Crippen LogP contribution in [0.25, 0.3) is 0 Å². The number of amides is 2. The SMILES string of the molecule is CCNC(=O)N(C)CC.[HH]. The number of carbonyl (C=O) groups excluding carboxylic acids is 1. The third-order valence-corrected chi connectivity index (χ3v) is 1.15. The second-order valence-electron chi connectivity index (χ2n) is 1.85. The molecule has 3 heteroatoms. The number of hydrogen-bond donors (Lipinski definition) is 1. The fourth-order valence-corrected chi connectivity index (χ4v) is 0.430. The fraction of sp³-hybridized carbons (Fsp3) is 0.833. The Bertz CT molecular complexity index is 97.7. The Labute approximate surface area is 57.5 Å². The second kappa shape index (κ2) is 4.18. The van der Waals surface area contributed by atoms with E-state index in [-0.39, 0.29) is 7.46 Å². The van der Waals surface area contributed by atoms with E-state index >= 15 is 0 Å². The normalized spacial score (nSPS) is 8.78. The lowest BCUT2D eigenvalue weighted by molar-refractivity contribution is 0.211. The molecule has 0 aliphatic heterocycles. The molecule has 0 unspecified atom stereocenters. The van der Waals surface area contributed by atoms with E-state index in [0.29, 0.717) is 6.54 Å². The van der Waals surface area contributed by atoms with Crippen LogP contribution >= 0.6 is 0 Å². The van der Waals surface area contributed by atoms with Crippen molar-refractivity contribution in [1.82, 2.24) is 10.2 Å². The van der Waals surface area contributed by atoms with Crippen molar-refractivity contribution in [3.8, 4) is 0 Å². The van der Waals surface area contributed by atoms with E-state index in [0.717, 1.165) is 6.54 Å². The van der Waals surface area contributed by atoms with Crippen LogP contribution in [-0.2, 0) is 0 Å². The summed E-state index contributed by atoms with van der Waals surface area (Å²) < 4.78 is 0. The lowest BCUT2D eigenvalue weighted by Gasteiger charge is -2.13. The molecule has 0 fully saturated rings. The standard InChI is InChI=1S/C6H14N2O.H2/c1-4-7-6(9)8(3)5-2;/h4-5H2,1-3H3,(H,7,9);1H. The molecule has 0 heterocycles. The molecule has 1 N–H and O–H groups in total. The van der Waals surface area contributed by atoms with Gasteiger partial charge < -0.3 is 10.2 Å². The minimum Gasteiger partial charge on any atom is -0.338 e. The molecular weight excluding hydrogens is 116 g/mol. The first-order valence-corrected chi connectivity index (χ1v) is 3.21. The van der Waals surface area contributed by atoms with Gasteiger partial charge in [0, 0.05) is 21.6 Å². The summed E-state index contributed by atoms with van der Waals surface area (Å²) in [6.07, 6.45) is 0. The molecular formula is C6H16N2O. The quantitative estimate of drug-likeness (QED) is 0.595. The Hall–Kier alpha value is -0.730. The molecule has 0 aromatic heterocycles. The van der Waals surface area contributed by atoms with Crippen LogP contribution in [0.2, 0.25) is 0 Å². The highest BCUT2D eigenvalue weighted by Gasteiger charge is 2.01. The summed E-state index contributed by atoms with van der Waals surface area (Å²) >= 11 is 0. The van der Waals surface area contributed by atoms with Crippen LogP contribution in [0.5, 0.6) is 0 Å². The first kappa shape index (κ1) is 8.27. The molecule has 56 valence electrons. The predicted molar refractivity (Wildman–Crippen MR) is 39.5 cm³/mol. The van der Waals surface area contributed by atoms with E-state index in [9.17, 15) is 4.79 Å². The van der Waals surface area contributed by atoms with Crippen molar-refractivity contribution >= 4 is 6.03 Å². The highest BCUT2D eigenvalue weighted by atomic mass is 16.2. The molecule has 0 aromatic rings. The highest BCUT2D eigenvalue weighted by Crippen LogP contribution is 1.80. The molecule has 0 bridgehead atoms. The molecule has 9 heavy (non-hydrogen) atoms. The maximum absolute atomic E-state index is 10.8. The van der Waals surface area contributed by atoms with E-state index < -0.39 is 0 Å². The molecule has 3 nitrogen and oxygen atoms in total. The van der Waals surface area contributed by atoms with Crippen LogP contribution in [0.3, 0.4) is 0 Å². The average molecular weight is 132 g/mol. The Kier molecular flexibility index (Phi) is 3.84. The van der Waals surface area contributed by atoms with Gasteiger partial charge in [-0.3, -0.25) is 0 Å². The van der Waals surface area contributed by atoms with Gasteiger partial charge in [0.1, 0.15) is 0 Å². The van der Waals surface area contributed by atoms with Gasteiger partial charge in [-0.15, -0.1) is 0 Å². The molecule has 0 saturated heterocycles. The van der Waals surface area contributed by atoms with Crippen molar-refractivity contribution in [1.29, 1.82) is 0 Å². The van der Waals surface area contributed by atoms with Crippen molar-refractivity contribution in [2.45, 2.75) is 13.8 Å². The number of nitrogens with one attached hydrogen (secondary N) is 1. The molecule has 2 amide bonds. The number of rotatable bonds is 2. The average Bonchev–Trinajstić information content (AvgIpc) is 1.87. The van der Waals surface area contributed by atoms with Crippen LogP contribution in [0.4, 0.5) is 4.79 Å². The summed E-state index contributed by atoms with van der Waals surface area (Å²) in [6.45, 7) is 5.30. The van der Waals surface area contributed by atoms with Crippen molar-refractivity contribution in [2.75, 3.05) is 20.1 Å². The summed E-state index contributed by atoms with van der Waals surface area (Å²) in [5, 5.41) is 2.68. The molecule has 0 aromatic carbocycles. The number of urea groups is 1. The molecule has 0 aliphatic rings. The fourth-order valence-electron chi connectivity index (χ4n) is 0.430. The molecule has 0 atom stereocenters. The van der Waals surface area contributed by atoms with Crippen LogP contribution in [0.1, 0.15) is 15.3 Å². The maximum atomic E-state index is 10.8. The van der Waals surface area contributed by atoms with E-state index in [1.165, 1.54) is 0 Å². The zero-order chi connectivity index (χ0) is 7.28. The zero-order valence-corrected chi connectivity index (χ0v) is 6.27. The van der Waals surface area contributed by atoms with Crippen LogP contribution in [0, 0.1) is 0 Å². The monoisotopic (exact) mass is 132 g/mol. The summed E-state index contributed by atoms with van der Waals surface area (Å²) in [5.41, 5.74) is 0. The van der Waals surface area contributed by atoms with Crippen molar-refractivity contribution in [3.63, 3.8) is 0 Å². The Morgan fingerprint density at radius 1 is 1.67 bits per heavy atom. The first-order valence-electron chi connectivity index (χ1n) is 3.21. The van der Waals surface area contributed by atoms with Crippen LogP contribution in [-0.4, -0.2) is 31.1 Å². The zero-order valence-electron chi connectivity index (χ0n) is 6.27. The molecule has 0 saturated carbocycles. The summed E-state index contributed by atoms with van der Waals surface area (Å²) in [5.74, 6) is 0. The van der Waals surface area contributed by atoms with Gasteiger partial charge in [0.2, 0.25) is 0 Å². The number of nitrogens with zero attached hydrogens (tertiary/aromatic N) is 1. The Morgan fingerprint density at radius 3 is 2.56 bits per heavy atom. The van der Waals surface area contributed by atoms with Gasteiger partial charge in [0.25, 0.3) is 0 Å². The smallest absolute Gasteiger partial charge is 0.317 e. The van der Waals surface area contributed by atoms with E-state index in [1.807, 2.05) is 13.8 Å². The Balaban J connectivity index is 0. The van der Waals surface area contributed by atoms with Gasteiger partial charge in [0.05, 0.1) is 0 Å². The molecule has 0 rings (SSSR count). The van der Waals surface area contributed by atoms with E-state index in [2.05, 4.69) is 5.32 Å². The predicted octanol–water partition coefficient (Wildman–Crippen LogP) is 0.914. The lowest BCUT2D eigenvalue weighted by Crippen LogP contribution is -2.36. The van der Waals surface area contributed by atoms with E-state index in [4.69, 9.17) is 0 Å². The summed E-state index contributed by atoms with van der Waals surface area (Å²) in [6, 6.07) is 0.000000000000000444. The number of carbonyl (C=O) groups is 1. The molecule has 0 aliphatic carbocycles. The summed E-state index contributed by atoms with van der Waals surface area (Å²) in [4.78, 5) is 12.4. The van der Waals surface area contributed by atoms with Crippen molar-refractivity contribution in [3.05, 3.63) is 0 Å². The molecule has 0 spiro atoms.